The smallest absolute Gasteiger partial charge is 0.252 e. The molecule has 8 heteroatoms. The Bertz CT molecular complexity index is 785. The Balaban J connectivity index is 1.57. The molecule has 2 aromatic rings. The van der Waals surface area contributed by atoms with Crippen molar-refractivity contribution in [1.29, 1.82) is 0 Å². The number of nitrogens with zero attached hydrogens (tertiary/aromatic N) is 4. The Kier molecular flexibility index (Phi) is 5.75. The van der Waals surface area contributed by atoms with Crippen molar-refractivity contribution in [2.24, 2.45) is 0 Å². The number of aromatic nitrogens is 2. The summed E-state index contributed by atoms with van der Waals surface area (Å²) in [5.41, 5.74) is 0.648. The molecular weight excluding hydrogens is 334 g/mol. The highest BCUT2D eigenvalue weighted by atomic mass is 16.4. The molecule has 26 heavy (non-hydrogen) atoms. The van der Waals surface area contributed by atoms with Gasteiger partial charge in [0.25, 0.3) is 5.56 Å². The molecule has 0 bridgehead atoms. The van der Waals surface area contributed by atoms with E-state index in [1.165, 1.54) is 0 Å². The van der Waals surface area contributed by atoms with Crippen molar-refractivity contribution < 1.29 is 9.52 Å². The molecule has 1 atom stereocenters. The van der Waals surface area contributed by atoms with E-state index in [0.717, 1.165) is 37.5 Å². The molecule has 3 rings (SSSR count). The van der Waals surface area contributed by atoms with Crippen molar-refractivity contribution in [1.82, 2.24) is 19.8 Å². The number of likely N-dealkylation sites (N-methyl/N-ethyl adjacent to an activating group) is 1. The molecule has 0 saturated carbocycles. The molecule has 0 aliphatic carbocycles. The Hall–Kier alpha value is -2.16. The summed E-state index contributed by atoms with van der Waals surface area (Å²) in [5.74, 6) is 2.06. The molecule has 1 aliphatic heterocycles. The third kappa shape index (κ3) is 4.51. The second-order valence-electron chi connectivity index (χ2n) is 7.07. The van der Waals surface area contributed by atoms with Crippen molar-refractivity contribution in [3.05, 3.63) is 45.8 Å². The van der Waals surface area contributed by atoms with Crippen LogP contribution in [0.1, 0.15) is 23.6 Å². The zero-order chi connectivity index (χ0) is 18.7. The first kappa shape index (κ1) is 18.6. The Morgan fingerprint density at radius 2 is 2.12 bits per heavy atom. The van der Waals surface area contributed by atoms with Gasteiger partial charge in [-0.05, 0) is 25.6 Å². The molecule has 0 spiro atoms. The minimum Gasteiger partial charge on any atom is -0.462 e. The molecule has 2 aromatic heterocycles. The van der Waals surface area contributed by atoms with Crippen molar-refractivity contribution in [3.63, 3.8) is 0 Å². The molecule has 1 fully saturated rings. The molecule has 8 nitrogen and oxygen atoms in total. The van der Waals surface area contributed by atoms with Gasteiger partial charge in [0.2, 0.25) is 5.95 Å². The fourth-order valence-corrected chi connectivity index (χ4v) is 3.30. The minimum absolute atomic E-state index is 0.0660. The minimum atomic E-state index is -0.127. The van der Waals surface area contributed by atoms with Gasteiger partial charge in [-0.2, -0.15) is 0 Å². The lowest BCUT2D eigenvalue weighted by atomic mass is 10.2. The third-order valence-corrected chi connectivity index (χ3v) is 4.74. The lowest BCUT2D eigenvalue weighted by Gasteiger charge is -2.24. The number of H-pyrrole nitrogens is 1. The van der Waals surface area contributed by atoms with Crippen molar-refractivity contribution in [2.75, 3.05) is 39.1 Å². The monoisotopic (exact) mass is 361 g/mol. The summed E-state index contributed by atoms with van der Waals surface area (Å²) in [4.78, 5) is 25.5. The number of rotatable bonds is 7. The van der Waals surface area contributed by atoms with Crippen LogP contribution in [0.3, 0.4) is 0 Å². The molecule has 3 heterocycles. The van der Waals surface area contributed by atoms with Gasteiger partial charge in [0.1, 0.15) is 18.1 Å². The SMILES string of the molecule is CN(C)c1nc(CN(C)[C@@H]2CCN(Cc3ccc(CO)o3)C2)cc(=O)[nH]1. The van der Waals surface area contributed by atoms with Gasteiger partial charge in [-0.3, -0.25) is 19.6 Å². The molecule has 0 unspecified atom stereocenters. The van der Waals surface area contributed by atoms with Crippen molar-refractivity contribution in [2.45, 2.75) is 32.2 Å². The van der Waals surface area contributed by atoms with Gasteiger partial charge in [-0.1, -0.05) is 0 Å². The number of aromatic amines is 1. The van der Waals surface area contributed by atoms with Crippen LogP contribution in [0.25, 0.3) is 0 Å². The number of nitrogens with one attached hydrogen (secondary N) is 1. The fourth-order valence-electron chi connectivity index (χ4n) is 3.30. The first-order chi connectivity index (χ1) is 12.4. The maximum Gasteiger partial charge on any atom is 0.252 e. The topological polar surface area (TPSA) is 88.8 Å². The molecule has 1 saturated heterocycles. The van der Waals surface area contributed by atoms with Crippen LogP contribution in [0.2, 0.25) is 0 Å². The van der Waals surface area contributed by atoms with E-state index in [1.54, 1.807) is 11.0 Å². The summed E-state index contributed by atoms with van der Waals surface area (Å²) >= 11 is 0. The summed E-state index contributed by atoms with van der Waals surface area (Å²) in [6.45, 7) is 3.26. The van der Waals surface area contributed by atoms with Gasteiger partial charge in [0.15, 0.2) is 0 Å². The first-order valence-corrected chi connectivity index (χ1v) is 8.83. The molecule has 0 amide bonds. The second kappa shape index (κ2) is 8.03. The summed E-state index contributed by atoms with van der Waals surface area (Å²) < 4.78 is 5.58. The van der Waals surface area contributed by atoms with Crippen LogP contribution >= 0.6 is 0 Å². The van der Waals surface area contributed by atoms with Crippen LogP contribution in [0, 0.1) is 0 Å². The number of aliphatic hydroxyl groups is 1. The zero-order valence-electron chi connectivity index (χ0n) is 15.6. The number of aliphatic hydroxyl groups excluding tert-OH is 1. The maximum atomic E-state index is 11.8. The van der Waals surface area contributed by atoms with E-state index >= 15 is 0 Å². The molecule has 0 radical (unpaired) electrons. The molecule has 2 N–H and O–H groups in total. The fraction of sp³-hybridized carbons (Fsp3) is 0.556. The standard InChI is InChI=1S/C18H27N5O3/c1-21(2)18-19-13(8-17(25)20-18)9-22(3)14-6-7-23(10-14)11-15-4-5-16(12-24)26-15/h4-5,8,14,24H,6-7,9-12H2,1-3H3,(H,19,20,25)/t14-/m1/s1. The molecule has 0 aromatic carbocycles. The highest BCUT2D eigenvalue weighted by molar-refractivity contribution is 5.27. The van der Waals surface area contributed by atoms with E-state index in [4.69, 9.17) is 9.52 Å². The largest absolute Gasteiger partial charge is 0.462 e. The molecular formula is C18H27N5O3. The van der Waals surface area contributed by atoms with Crippen LogP contribution in [0.4, 0.5) is 5.95 Å². The molecule has 142 valence electrons. The van der Waals surface area contributed by atoms with E-state index < -0.39 is 0 Å². The number of hydrogen-bond acceptors (Lipinski definition) is 7. The van der Waals surface area contributed by atoms with E-state index in [9.17, 15) is 4.79 Å². The van der Waals surface area contributed by atoms with Crippen LogP contribution in [-0.2, 0) is 19.7 Å². The average molecular weight is 361 g/mol. The Labute approximate surface area is 153 Å². The zero-order valence-corrected chi connectivity index (χ0v) is 15.6. The Morgan fingerprint density at radius 3 is 2.81 bits per heavy atom. The number of anilines is 1. The van der Waals surface area contributed by atoms with Gasteiger partial charge >= 0.3 is 0 Å². The van der Waals surface area contributed by atoms with E-state index in [0.29, 0.717) is 24.3 Å². The lowest BCUT2D eigenvalue weighted by Crippen LogP contribution is -2.34. The number of furan rings is 1. The summed E-state index contributed by atoms with van der Waals surface area (Å²) in [6, 6.07) is 5.71. The van der Waals surface area contributed by atoms with Gasteiger partial charge < -0.3 is 14.4 Å². The molecule has 1 aliphatic rings. The van der Waals surface area contributed by atoms with Crippen LogP contribution < -0.4 is 10.5 Å². The third-order valence-electron chi connectivity index (χ3n) is 4.74. The summed E-state index contributed by atoms with van der Waals surface area (Å²) in [6.07, 6.45) is 1.06. The van der Waals surface area contributed by atoms with E-state index in [2.05, 4.69) is 26.8 Å². The van der Waals surface area contributed by atoms with Gasteiger partial charge in [0, 0.05) is 45.8 Å². The van der Waals surface area contributed by atoms with Crippen LogP contribution in [-0.4, -0.2) is 65.1 Å². The van der Waals surface area contributed by atoms with Gasteiger partial charge in [-0.15, -0.1) is 0 Å². The van der Waals surface area contributed by atoms with Crippen LogP contribution in [0.5, 0.6) is 0 Å². The maximum absolute atomic E-state index is 11.8. The predicted octanol–water partition coefficient (Wildman–Crippen LogP) is 0.627. The van der Waals surface area contributed by atoms with Gasteiger partial charge in [-0.25, -0.2) is 4.98 Å². The van der Waals surface area contributed by atoms with Crippen molar-refractivity contribution in [3.8, 4) is 0 Å². The Morgan fingerprint density at radius 1 is 1.35 bits per heavy atom. The second-order valence-corrected chi connectivity index (χ2v) is 7.07. The highest BCUT2D eigenvalue weighted by Gasteiger charge is 2.26. The van der Waals surface area contributed by atoms with Crippen LogP contribution in [0.15, 0.2) is 27.4 Å². The normalized spacial score (nSPS) is 18.0. The van der Waals surface area contributed by atoms with Crippen molar-refractivity contribution >= 4 is 5.95 Å². The first-order valence-electron chi connectivity index (χ1n) is 8.83. The van der Waals surface area contributed by atoms with E-state index in [1.807, 2.05) is 26.2 Å². The number of hydrogen-bond donors (Lipinski definition) is 2. The summed E-state index contributed by atoms with van der Waals surface area (Å²) in [7, 11) is 5.79. The lowest BCUT2D eigenvalue weighted by molar-refractivity contribution is 0.209. The summed E-state index contributed by atoms with van der Waals surface area (Å²) in [5, 5.41) is 9.09. The number of likely N-dealkylation sites (tertiary alicyclic amines) is 1. The van der Waals surface area contributed by atoms with Gasteiger partial charge in [0.05, 0.1) is 12.2 Å². The highest BCUT2D eigenvalue weighted by Crippen LogP contribution is 2.19. The quantitative estimate of drug-likeness (QED) is 0.748. The average Bonchev–Trinajstić information content (AvgIpc) is 3.24. The predicted molar refractivity (Wildman–Crippen MR) is 99.0 cm³/mol. The van der Waals surface area contributed by atoms with E-state index in [-0.39, 0.29) is 12.2 Å².